The van der Waals surface area contributed by atoms with Crippen LogP contribution in [-0.4, -0.2) is 110 Å². The summed E-state index contributed by atoms with van der Waals surface area (Å²) in [6.07, 6.45) is 21.8. The third kappa shape index (κ3) is 13.0. The molecule has 9 rings (SSSR count). The molecular formula is C52H73N11O5Si2. The second-order valence-corrected chi connectivity index (χ2v) is 33.7. The quantitative estimate of drug-likeness (QED) is 0.0666. The van der Waals surface area contributed by atoms with Crippen molar-refractivity contribution < 1.29 is 23.7 Å². The highest BCUT2D eigenvalue weighted by atomic mass is 28.3. The fourth-order valence-electron chi connectivity index (χ4n) is 8.82. The molecule has 1 saturated carbocycles. The van der Waals surface area contributed by atoms with E-state index in [0.29, 0.717) is 39.4 Å². The molecule has 0 spiro atoms. The Bertz CT molecular complexity index is 2760. The maximum Gasteiger partial charge on any atom is 0.410 e. The number of carbonyl (C=O) groups excluding carboxylic acids is 1. The molecule has 374 valence electrons. The van der Waals surface area contributed by atoms with Crippen LogP contribution in [0.3, 0.4) is 0 Å². The second-order valence-electron chi connectivity index (χ2n) is 22.4. The molecule has 0 aromatic carbocycles. The first-order valence-corrected chi connectivity index (χ1v) is 32.2. The van der Waals surface area contributed by atoms with Gasteiger partial charge in [0.15, 0.2) is 0 Å². The van der Waals surface area contributed by atoms with E-state index in [1.54, 1.807) is 17.6 Å². The summed E-state index contributed by atoms with van der Waals surface area (Å²) >= 11 is 0. The lowest BCUT2D eigenvalue weighted by molar-refractivity contribution is -0.0274. The molecule has 2 saturated heterocycles. The number of aromatic nitrogens is 8. The summed E-state index contributed by atoms with van der Waals surface area (Å²) in [6.45, 7) is 25.0. The van der Waals surface area contributed by atoms with Crippen molar-refractivity contribution in [3.8, 4) is 34.7 Å². The van der Waals surface area contributed by atoms with Crippen molar-refractivity contribution in [3.63, 3.8) is 0 Å². The number of amides is 1. The van der Waals surface area contributed by atoms with Gasteiger partial charge in [-0.25, -0.2) is 24.7 Å². The van der Waals surface area contributed by atoms with Crippen molar-refractivity contribution in [3.05, 3.63) is 74.1 Å². The van der Waals surface area contributed by atoms with Crippen LogP contribution in [0.1, 0.15) is 65.7 Å². The summed E-state index contributed by atoms with van der Waals surface area (Å²) in [5.74, 6) is 0. The summed E-state index contributed by atoms with van der Waals surface area (Å²) in [4.78, 5) is 32.2. The average Bonchev–Trinajstić information content (AvgIpc) is 4.14. The van der Waals surface area contributed by atoms with Crippen LogP contribution >= 0.6 is 0 Å². The highest BCUT2D eigenvalue weighted by molar-refractivity contribution is 6.76. The van der Waals surface area contributed by atoms with Crippen molar-refractivity contribution in [2.24, 2.45) is 0 Å². The Balaban J connectivity index is 0.000000190. The molecule has 0 unspecified atom stereocenters. The number of nitrogens with zero attached hydrogens (tertiary/aromatic N) is 11. The molecule has 0 atom stereocenters. The van der Waals surface area contributed by atoms with Crippen molar-refractivity contribution in [2.45, 2.75) is 147 Å². The molecule has 0 radical (unpaired) electrons. The lowest BCUT2D eigenvalue weighted by atomic mass is 9.74. The molecule has 0 bridgehead atoms. The van der Waals surface area contributed by atoms with E-state index >= 15 is 0 Å². The number of ether oxygens (including phenoxy) is 4. The van der Waals surface area contributed by atoms with Gasteiger partial charge in [-0.1, -0.05) is 39.3 Å². The van der Waals surface area contributed by atoms with Crippen molar-refractivity contribution in [1.29, 1.82) is 10.5 Å². The highest BCUT2D eigenvalue weighted by Crippen LogP contribution is 2.43. The summed E-state index contributed by atoms with van der Waals surface area (Å²) < 4.78 is 30.6. The first kappa shape index (κ1) is 52.2. The fraction of sp³-hybridized carbons (Fsp3) is 0.558. The molecule has 3 aliphatic rings. The molecule has 1 aliphatic carbocycles. The van der Waals surface area contributed by atoms with E-state index in [1.807, 2.05) is 71.4 Å². The molecule has 16 nitrogen and oxygen atoms in total. The third-order valence-electron chi connectivity index (χ3n) is 13.1. The van der Waals surface area contributed by atoms with Crippen LogP contribution in [0.2, 0.25) is 51.4 Å². The number of likely N-dealkylation sites (tertiary alicyclic amines) is 1. The molecule has 8 heterocycles. The van der Waals surface area contributed by atoms with Crippen molar-refractivity contribution in [2.75, 3.05) is 39.5 Å². The normalized spacial score (nSPS) is 16.3. The van der Waals surface area contributed by atoms with E-state index < -0.39 is 27.3 Å². The van der Waals surface area contributed by atoms with Crippen LogP contribution < -0.4 is 0 Å². The van der Waals surface area contributed by atoms with E-state index in [-0.39, 0.29) is 11.6 Å². The van der Waals surface area contributed by atoms with Crippen molar-refractivity contribution >= 4 is 44.3 Å². The topological polar surface area (TPSA) is 176 Å². The monoisotopic (exact) mass is 988 g/mol. The molecule has 3 fully saturated rings. The first-order valence-electron chi connectivity index (χ1n) is 24.8. The number of fused-ring (bicyclic) bond motifs is 2. The molecular weight excluding hydrogens is 915 g/mol. The Labute approximate surface area is 415 Å². The number of nitriles is 2. The predicted molar refractivity (Wildman–Crippen MR) is 278 cm³/mol. The van der Waals surface area contributed by atoms with Gasteiger partial charge in [-0.05, 0) is 89.2 Å². The van der Waals surface area contributed by atoms with Gasteiger partial charge in [0.25, 0.3) is 0 Å². The van der Waals surface area contributed by atoms with Crippen LogP contribution in [0.25, 0.3) is 44.6 Å². The minimum atomic E-state index is -1.14. The lowest BCUT2D eigenvalue weighted by Crippen LogP contribution is -2.64. The Morgan fingerprint density at radius 1 is 0.686 bits per heavy atom. The van der Waals surface area contributed by atoms with Gasteiger partial charge in [0.2, 0.25) is 0 Å². The molecule has 6 aromatic rings. The summed E-state index contributed by atoms with van der Waals surface area (Å²) in [5.41, 5.74) is 4.42. The standard InChI is InChI=1S/C26H36N6O3Si.C22H29N5OSi.C4H8O/c1-25(2,3)35-24(33)31-16-26(17-31,9-10-27)32-12-7-20(15-32)22-21-8-11-30(23(21)29-18-28-22)19-34-13-14-36(4,5)6;1-29(2,3)14-13-28-17-26-11-6-19-20(24-16-25-21(19)26)18-5-12-27(15-18)22(9-10-23)7-4-8-22;1-2-4-5-3-1/h7-8,11-12,15,18H,9,13-14,16-17,19H2,1-6H3;5-6,11-12,15-16H,4,7-9,13-14,17H2,1-3H3;1-4H2. The molecule has 2 aliphatic heterocycles. The molecule has 18 heteroatoms. The minimum Gasteiger partial charge on any atom is -0.444 e. The zero-order chi connectivity index (χ0) is 50.2. The summed E-state index contributed by atoms with van der Waals surface area (Å²) in [7, 11) is -2.22. The van der Waals surface area contributed by atoms with E-state index in [0.717, 1.165) is 95.9 Å². The maximum atomic E-state index is 12.5. The maximum absolute atomic E-state index is 12.5. The van der Waals surface area contributed by atoms with E-state index in [4.69, 9.17) is 18.9 Å². The first-order chi connectivity index (χ1) is 33.3. The van der Waals surface area contributed by atoms with Crippen LogP contribution in [0.15, 0.2) is 74.1 Å². The van der Waals surface area contributed by atoms with Gasteiger partial charge in [0.1, 0.15) is 43.0 Å². The Morgan fingerprint density at radius 3 is 1.56 bits per heavy atom. The second kappa shape index (κ2) is 22.2. The number of carbonyl (C=O) groups is 1. The van der Waals surface area contributed by atoms with Crippen LogP contribution in [0.5, 0.6) is 0 Å². The molecule has 6 aromatic heterocycles. The van der Waals surface area contributed by atoms with Crippen molar-refractivity contribution in [1.82, 2.24) is 43.1 Å². The SMILES string of the molecule is C1CCOC1.CC(C)(C)OC(=O)N1CC(CC#N)(n2ccc(-c3ncnc4c3ccn4COCC[Si](C)(C)C)c2)C1.C[Si](C)(C)CCOCn1ccc2c(-c3ccn(C4(CC#N)CCC4)c3)ncnc21. The van der Waals surface area contributed by atoms with Gasteiger partial charge in [-0.15, -0.1) is 0 Å². The van der Waals surface area contributed by atoms with Gasteiger partial charge < -0.3 is 42.1 Å². The van der Waals surface area contributed by atoms with E-state index in [1.165, 1.54) is 19.3 Å². The number of rotatable bonds is 16. The van der Waals surface area contributed by atoms with Gasteiger partial charge >= 0.3 is 6.09 Å². The predicted octanol–water partition coefficient (Wildman–Crippen LogP) is 10.9. The van der Waals surface area contributed by atoms with E-state index in [9.17, 15) is 15.3 Å². The van der Waals surface area contributed by atoms with Crippen LogP contribution in [0, 0.1) is 22.7 Å². The number of hydrogen-bond acceptors (Lipinski definition) is 11. The van der Waals surface area contributed by atoms with Gasteiger partial charge in [0.05, 0.1) is 60.5 Å². The smallest absolute Gasteiger partial charge is 0.410 e. The Kier molecular flexibility index (Phi) is 16.6. The average molecular weight is 988 g/mol. The minimum absolute atomic E-state index is 0.0325. The number of hydrogen-bond donors (Lipinski definition) is 0. The molecule has 70 heavy (non-hydrogen) atoms. The zero-order valence-corrected chi connectivity index (χ0v) is 44.9. The van der Waals surface area contributed by atoms with Gasteiger partial charge in [-0.3, -0.25) is 0 Å². The fourth-order valence-corrected chi connectivity index (χ4v) is 10.3. The van der Waals surface area contributed by atoms with Gasteiger partial charge in [0, 0.05) is 102 Å². The summed E-state index contributed by atoms with van der Waals surface area (Å²) in [5, 5.41) is 20.7. The Hall–Kier alpha value is -5.64. The highest BCUT2D eigenvalue weighted by Gasteiger charge is 2.48. The molecule has 1 amide bonds. The zero-order valence-electron chi connectivity index (χ0n) is 42.9. The summed E-state index contributed by atoms with van der Waals surface area (Å²) in [6, 6.07) is 15.1. The van der Waals surface area contributed by atoms with Crippen LogP contribution in [0.4, 0.5) is 4.79 Å². The molecule has 0 N–H and O–H groups in total. The Morgan fingerprint density at radius 2 is 1.16 bits per heavy atom. The van der Waals surface area contributed by atoms with E-state index in [2.05, 4.69) is 100 Å². The largest absolute Gasteiger partial charge is 0.444 e. The van der Waals surface area contributed by atoms with Crippen LogP contribution in [-0.2, 0) is 43.5 Å². The third-order valence-corrected chi connectivity index (χ3v) is 16.6. The lowest BCUT2D eigenvalue weighted by Gasteiger charge is -2.49. The van der Waals surface area contributed by atoms with Gasteiger partial charge in [-0.2, -0.15) is 10.5 Å².